The predicted octanol–water partition coefficient (Wildman–Crippen LogP) is 2.05. The fourth-order valence-corrected chi connectivity index (χ4v) is 2.29. The fourth-order valence-electron chi connectivity index (χ4n) is 2.29. The molecule has 0 radical (unpaired) electrons. The molecule has 1 atom stereocenters. The van der Waals surface area contributed by atoms with Crippen LogP contribution in [0.5, 0.6) is 0 Å². The molecule has 78 valence electrons. The van der Waals surface area contributed by atoms with Gasteiger partial charge in [-0.05, 0) is 24.3 Å². The molecule has 0 aromatic carbocycles. The van der Waals surface area contributed by atoms with Crippen molar-refractivity contribution in [1.82, 2.24) is 5.32 Å². The fraction of sp³-hybridized carbons (Fsp3) is 1.00. The van der Waals surface area contributed by atoms with Crippen molar-refractivity contribution in [3.63, 3.8) is 0 Å². The topological polar surface area (TPSA) is 21.3 Å². The van der Waals surface area contributed by atoms with Crippen LogP contribution in [0.15, 0.2) is 0 Å². The van der Waals surface area contributed by atoms with E-state index in [2.05, 4.69) is 19.2 Å². The van der Waals surface area contributed by atoms with Gasteiger partial charge in [0.15, 0.2) is 0 Å². The van der Waals surface area contributed by atoms with E-state index in [1.54, 1.807) is 7.11 Å². The van der Waals surface area contributed by atoms with Crippen molar-refractivity contribution >= 4 is 0 Å². The summed E-state index contributed by atoms with van der Waals surface area (Å²) in [7, 11) is 1.75. The molecule has 1 aliphatic rings. The van der Waals surface area contributed by atoms with Gasteiger partial charge < -0.3 is 10.1 Å². The standard InChI is InChI=1S/C11H23NO/c1-4-11(5-2)8-10(11)9-12-6-7-13-3/h10,12H,4-9H2,1-3H3. The summed E-state index contributed by atoms with van der Waals surface area (Å²) in [6.07, 6.45) is 4.13. The van der Waals surface area contributed by atoms with Gasteiger partial charge in [-0.1, -0.05) is 26.7 Å². The van der Waals surface area contributed by atoms with Crippen LogP contribution in [0.4, 0.5) is 0 Å². The molecule has 0 aromatic rings. The molecule has 1 rings (SSSR count). The maximum Gasteiger partial charge on any atom is 0.0587 e. The minimum atomic E-state index is 0.695. The molecular weight excluding hydrogens is 162 g/mol. The van der Waals surface area contributed by atoms with E-state index < -0.39 is 0 Å². The van der Waals surface area contributed by atoms with Crippen LogP contribution in [0.2, 0.25) is 0 Å². The lowest BCUT2D eigenvalue weighted by Crippen LogP contribution is -2.23. The monoisotopic (exact) mass is 185 g/mol. The average molecular weight is 185 g/mol. The third-order valence-electron chi connectivity index (χ3n) is 3.64. The minimum absolute atomic E-state index is 0.695. The first-order chi connectivity index (χ1) is 6.29. The molecule has 0 bridgehead atoms. The second-order valence-electron chi connectivity index (χ2n) is 4.17. The highest BCUT2D eigenvalue weighted by atomic mass is 16.5. The first-order valence-electron chi connectivity index (χ1n) is 5.48. The van der Waals surface area contributed by atoms with E-state index in [1.807, 2.05) is 0 Å². The molecule has 1 fully saturated rings. The van der Waals surface area contributed by atoms with E-state index in [-0.39, 0.29) is 0 Å². The summed E-state index contributed by atoms with van der Waals surface area (Å²) in [5.74, 6) is 0.930. The van der Waals surface area contributed by atoms with E-state index in [1.165, 1.54) is 25.8 Å². The quantitative estimate of drug-likeness (QED) is 0.613. The van der Waals surface area contributed by atoms with Gasteiger partial charge in [-0.15, -0.1) is 0 Å². The summed E-state index contributed by atoms with van der Waals surface area (Å²) in [6.45, 7) is 7.65. The van der Waals surface area contributed by atoms with Gasteiger partial charge in [0.2, 0.25) is 0 Å². The van der Waals surface area contributed by atoms with Crippen molar-refractivity contribution in [3.05, 3.63) is 0 Å². The maximum atomic E-state index is 4.99. The lowest BCUT2D eigenvalue weighted by atomic mass is 9.97. The summed E-state index contributed by atoms with van der Waals surface area (Å²) in [4.78, 5) is 0. The van der Waals surface area contributed by atoms with E-state index in [4.69, 9.17) is 4.74 Å². The van der Waals surface area contributed by atoms with Gasteiger partial charge in [0.25, 0.3) is 0 Å². The maximum absolute atomic E-state index is 4.99. The zero-order valence-electron chi connectivity index (χ0n) is 9.23. The normalized spacial score (nSPS) is 24.7. The average Bonchev–Trinajstić information content (AvgIpc) is 2.87. The summed E-state index contributed by atoms with van der Waals surface area (Å²) in [5.41, 5.74) is 0.695. The summed E-state index contributed by atoms with van der Waals surface area (Å²) < 4.78 is 4.99. The number of hydrogen-bond acceptors (Lipinski definition) is 2. The molecule has 0 heterocycles. The SMILES string of the molecule is CCC1(CC)CC1CNCCOC. The molecule has 1 saturated carbocycles. The third kappa shape index (κ3) is 2.68. The van der Waals surface area contributed by atoms with Gasteiger partial charge in [-0.25, -0.2) is 0 Å². The molecule has 1 aliphatic carbocycles. The smallest absolute Gasteiger partial charge is 0.0587 e. The van der Waals surface area contributed by atoms with Crippen molar-refractivity contribution in [3.8, 4) is 0 Å². The van der Waals surface area contributed by atoms with Crippen molar-refractivity contribution in [1.29, 1.82) is 0 Å². The van der Waals surface area contributed by atoms with Crippen LogP contribution < -0.4 is 5.32 Å². The van der Waals surface area contributed by atoms with Crippen LogP contribution in [-0.2, 0) is 4.74 Å². The zero-order chi connectivity index (χ0) is 9.73. The Kier molecular flexibility index (Phi) is 4.20. The van der Waals surface area contributed by atoms with Crippen LogP contribution in [0, 0.1) is 11.3 Å². The summed E-state index contributed by atoms with van der Waals surface area (Å²) >= 11 is 0. The zero-order valence-corrected chi connectivity index (χ0v) is 9.23. The van der Waals surface area contributed by atoms with Gasteiger partial charge in [-0.3, -0.25) is 0 Å². The molecule has 2 heteroatoms. The van der Waals surface area contributed by atoms with Crippen LogP contribution in [0.1, 0.15) is 33.1 Å². The Bertz CT molecular complexity index is 143. The molecule has 0 amide bonds. The highest BCUT2D eigenvalue weighted by molar-refractivity contribution is 5.01. The van der Waals surface area contributed by atoms with Crippen LogP contribution >= 0.6 is 0 Å². The Morgan fingerprint density at radius 3 is 2.54 bits per heavy atom. The molecule has 0 aliphatic heterocycles. The second kappa shape index (κ2) is 4.97. The second-order valence-corrected chi connectivity index (χ2v) is 4.17. The van der Waals surface area contributed by atoms with Gasteiger partial charge in [0, 0.05) is 13.7 Å². The Balaban J connectivity index is 2.05. The molecule has 1 unspecified atom stereocenters. The molecule has 1 N–H and O–H groups in total. The Hall–Kier alpha value is -0.0800. The number of ether oxygens (including phenoxy) is 1. The molecule has 13 heavy (non-hydrogen) atoms. The first-order valence-corrected chi connectivity index (χ1v) is 5.48. The highest BCUT2D eigenvalue weighted by Crippen LogP contribution is 2.57. The Morgan fingerprint density at radius 2 is 2.08 bits per heavy atom. The summed E-state index contributed by atoms with van der Waals surface area (Å²) in [5, 5.41) is 3.45. The van der Waals surface area contributed by atoms with E-state index in [0.717, 1.165) is 19.1 Å². The van der Waals surface area contributed by atoms with Crippen molar-refractivity contribution in [2.45, 2.75) is 33.1 Å². The summed E-state index contributed by atoms with van der Waals surface area (Å²) in [6, 6.07) is 0. The predicted molar refractivity (Wildman–Crippen MR) is 55.9 cm³/mol. The molecule has 0 aromatic heterocycles. The Morgan fingerprint density at radius 1 is 1.38 bits per heavy atom. The first kappa shape index (κ1) is 11.0. The molecule has 2 nitrogen and oxygen atoms in total. The van der Waals surface area contributed by atoms with Crippen LogP contribution in [0.3, 0.4) is 0 Å². The third-order valence-corrected chi connectivity index (χ3v) is 3.64. The number of hydrogen-bond donors (Lipinski definition) is 1. The number of nitrogens with one attached hydrogen (secondary N) is 1. The van der Waals surface area contributed by atoms with E-state index in [9.17, 15) is 0 Å². The van der Waals surface area contributed by atoms with Crippen molar-refractivity contribution in [2.24, 2.45) is 11.3 Å². The minimum Gasteiger partial charge on any atom is -0.383 e. The number of methoxy groups -OCH3 is 1. The van der Waals surface area contributed by atoms with Gasteiger partial charge in [-0.2, -0.15) is 0 Å². The molecule has 0 saturated heterocycles. The van der Waals surface area contributed by atoms with Gasteiger partial charge >= 0.3 is 0 Å². The lowest BCUT2D eigenvalue weighted by Gasteiger charge is -2.12. The lowest BCUT2D eigenvalue weighted by molar-refractivity contribution is 0.198. The van der Waals surface area contributed by atoms with Crippen molar-refractivity contribution in [2.75, 3.05) is 26.8 Å². The highest BCUT2D eigenvalue weighted by Gasteiger charge is 2.49. The largest absolute Gasteiger partial charge is 0.383 e. The molecule has 0 spiro atoms. The molecular formula is C11H23NO. The van der Waals surface area contributed by atoms with E-state index >= 15 is 0 Å². The Labute approximate surface area is 82.0 Å². The van der Waals surface area contributed by atoms with Crippen molar-refractivity contribution < 1.29 is 4.74 Å². The van der Waals surface area contributed by atoms with Gasteiger partial charge in [0.1, 0.15) is 0 Å². The van der Waals surface area contributed by atoms with E-state index in [0.29, 0.717) is 5.41 Å². The van der Waals surface area contributed by atoms with Crippen LogP contribution in [-0.4, -0.2) is 26.8 Å². The van der Waals surface area contributed by atoms with Gasteiger partial charge in [0.05, 0.1) is 6.61 Å². The van der Waals surface area contributed by atoms with Crippen LogP contribution in [0.25, 0.3) is 0 Å². The number of rotatable bonds is 7.